The van der Waals surface area contributed by atoms with Gasteiger partial charge in [0.25, 0.3) is 0 Å². The maximum absolute atomic E-state index is 4.60. The van der Waals surface area contributed by atoms with Gasteiger partial charge >= 0.3 is 0 Å². The summed E-state index contributed by atoms with van der Waals surface area (Å²) < 4.78 is 0.0872. The van der Waals surface area contributed by atoms with Crippen LogP contribution >= 0.6 is 11.8 Å². The quantitative estimate of drug-likeness (QED) is 0.778. The Bertz CT molecular complexity index is 413. The van der Waals surface area contributed by atoms with E-state index in [0.29, 0.717) is 5.95 Å². The highest BCUT2D eigenvalue weighted by molar-refractivity contribution is 8.00. The molecule has 1 rings (SSSR count). The number of aromatic nitrogens is 3. The second kappa shape index (κ2) is 7.67. The number of nitrogens with one attached hydrogen (secondary N) is 1. The lowest BCUT2D eigenvalue weighted by Gasteiger charge is -2.21. The molecule has 5 nitrogen and oxygen atoms in total. The van der Waals surface area contributed by atoms with Gasteiger partial charge in [0.15, 0.2) is 5.16 Å². The molecule has 0 fully saturated rings. The van der Waals surface area contributed by atoms with Gasteiger partial charge in [-0.15, -0.1) is 0 Å². The van der Waals surface area contributed by atoms with Crippen LogP contribution in [0.25, 0.3) is 0 Å². The van der Waals surface area contributed by atoms with Crippen molar-refractivity contribution < 1.29 is 0 Å². The van der Waals surface area contributed by atoms with Crippen LogP contribution in [0.2, 0.25) is 0 Å². The van der Waals surface area contributed by atoms with Crippen molar-refractivity contribution in [1.82, 2.24) is 15.0 Å². The third-order valence-corrected chi connectivity index (χ3v) is 3.56. The van der Waals surface area contributed by atoms with E-state index in [4.69, 9.17) is 0 Å². The van der Waals surface area contributed by atoms with Crippen molar-refractivity contribution in [2.24, 2.45) is 0 Å². The Balaban J connectivity index is 3.06. The van der Waals surface area contributed by atoms with Crippen molar-refractivity contribution in [1.29, 1.82) is 0 Å². The van der Waals surface area contributed by atoms with E-state index in [1.165, 1.54) is 0 Å². The molecule has 0 aromatic carbocycles. The highest BCUT2D eigenvalue weighted by Gasteiger charge is 2.17. The summed E-state index contributed by atoms with van der Waals surface area (Å²) in [6, 6.07) is 0. The monoisotopic (exact) mass is 297 g/mol. The Labute approximate surface area is 127 Å². The summed E-state index contributed by atoms with van der Waals surface area (Å²) in [6.45, 7) is 15.5. The van der Waals surface area contributed by atoms with E-state index in [0.717, 1.165) is 37.2 Å². The number of hydrogen-bond acceptors (Lipinski definition) is 6. The predicted molar refractivity (Wildman–Crippen MR) is 87.8 cm³/mol. The highest BCUT2D eigenvalue weighted by Crippen LogP contribution is 2.30. The second-order valence-corrected chi connectivity index (χ2v) is 7.35. The summed E-state index contributed by atoms with van der Waals surface area (Å²) in [5.74, 6) is 1.44. The van der Waals surface area contributed by atoms with Gasteiger partial charge in [-0.05, 0) is 20.3 Å². The van der Waals surface area contributed by atoms with Crippen molar-refractivity contribution in [2.75, 3.05) is 29.9 Å². The molecule has 0 aliphatic rings. The van der Waals surface area contributed by atoms with Crippen LogP contribution in [0.4, 0.5) is 11.9 Å². The average molecular weight is 297 g/mol. The molecule has 0 saturated carbocycles. The standard InChI is InChI=1S/C14H27N5S/c1-7-10-15-11-16-12(19(8-2)9-3)18-13(17-11)20-14(4,5)6/h7-10H2,1-6H3,(H,15,16,17,18). The summed E-state index contributed by atoms with van der Waals surface area (Å²) in [4.78, 5) is 15.8. The molecule has 1 aromatic heterocycles. The van der Waals surface area contributed by atoms with E-state index < -0.39 is 0 Å². The van der Waals surface area contributed by atoms with Crippen LogP contribution in [0.1, 0.15) is 48.0 Å². The smallest absolute Gasteiger partial charge is 0.231 e. The summed E-state index contributed by atoms with van der Waals surface area (Å²) in [5.41, 5.74) is 0. The third kappa shape index (κ3) is 5.53. The zero-order valence-electron chi connectivity index (χ0n) is 13.5. The van der Waals surface area contributed by atoms with Crippen LogP contribution in [0.15, 0.2) is 5.16 Å². The highest BCUT2D eigenvalue weighted by atomic mass is 32.2. The number of nitrogens with zero attached hydrogens (tertiary/aromatic N) is 4. The minimum Gasteiger partial charge on any atom is -0.354 e. The van der Waals surface area contributed by atoms with Crippen LogP contribution in [-0.2, 0) is 0 Å². The molecule has 0 atom stereocenters. The topological polar surface area (TPSA) is 53.9 Å². The van der Waals surface area contributed by atoms with Gasteiger partial charge in [0.2, 0.25) is 11.9 Å². The minimum absolute atomic E-state index is 0.0872. The Kier molecular flexibility index (Phi) is 6.52. The lowest BCUT2D eigenvalue weighted by Crippen LogP contribution is -2.25. The average Bonchev–Trinajstić information content (AvgIpc) is 2.35. The second-order valence-electron chi connectivity index (χ2n) is 5.56. The fourth-order valence-electron chi connectivity index (χ4n) is 1.63. The van der Waals surface area contributed by atoms with E-state index in [2.05, 4.69) is 66.7 Å². The van der Waals surface area contributed by atoms with Crippen molar-refractivity contribution in [2.45, 2.75) is 57.9 Å². The lowest BCUT2D eigenvalue weighted by atomic mass is 10.3. The first-order valence-corrected chi connectivity index (χ1v) is 8.15. The van der Waals surface area contributed by atoms with Gasteiger partial charge in [0, 0.05) is 24.4 Å². The van der Waals surface area contributed by atoms with Crippen LogP contribution in [-0.4, -0.2) is 39.3 Å². The van der Waals surface area contributed by atoms with E-state index in [-0.39, 0.29) is 4.75 Å². The van der Waals surface area contributed by atoms with Crippen molar-refractivity contribution >= 4 is 23.7 Å². The van der Waals surface area contributed by atoms with Gasteiger partial charge < -0.3 is 10.2 Å². The molecule has 1 N–H and O–H groups in total. The molecular weight excluding hydrogens is 270 g/mol. The molecule has 0 saturated heterocycles. The van der Waals surface area contributed by atoms with Gasteiger partial charge in [0.1, 0.15) is 0 Å². The van der Waals surface area contributed by atoms with Gasteiger partial charge in [-0.1, -0.05) is 39.5 Å². The molecule has 20 heavy (non-hydrogen) atoms. The lowest BCUT2D eigenvalue weighted by molar-refractivity contribution is 0.763. The molecule has 114 valence electrons. The molecular formula is C14H27N5S. The first-order chi connectivity index (χ1) is 9.39. The molecule has 6 heteroatoms. The summed E-state index contributed by atoms with van der Waals surface area (Å²) in [6.07, 6.45) is 1.05. The van der Waals surface area contributed by atoms with Crippen molar-refractivity contribution in [3.05, 3.63) is 0 Å². The number of anilines is 2. The van der Waals surface area contributed by atoms with Crippen LogP contribution in [0, 0.1) is 0 Å². The molecule has 0 radical (unpaired) electrons. The Morgan fingerprint density at radius 2 is 1.70 bits per heavy atom. The third-order valence-electron chi connectivity index (χ3n) is 2.58. The predicted octanol–water partition coefficient (Wildman–Crippen LogP) is 3.43. The molecule has 0 unspecified atom stereocenters. The molecule has 0 bridgehead atoms. The molecule has 0 aliphatic carbocycles. The molecule has 0 spiro atoms. The Morgan fingerprint density at radius 1 is 1.05 bits per heavy atom. The van der Waals surface area contributed by atoms with Crippen molar-refractivity contribution in [3.63, 3.8) is 0 Å². The van der Waals surface area contributed by atoms with Gasteiger partial charge in [-0.2, -0.15) is 15.0 Å². The van der Waals surface area contributed by atoms with E-state index in [1.807, 2.05) is 0 Å². The summed E-state index contributed by atoms with van der Waals surface area (Å²) >= 11 is 1.67. The minimum atomic E-state index is 0.0872. The SMILES string of the molecule is CCCNc1nc(SC(C)(C)C)nc(N(CC)CC)n1. The van der Waals surface area contributed by atoms with Gasteiger partial charge in [-0.25, -0.2) is 0 Å². The normalized spacial score (nSPS) is 11.5. The largest absolute Gasteiger partial charge is 0.354 e. The van der Waals surface area contributed by atoms with Crippen LogP contribution in [0.3, 0.4) is 0 Å². The van der Waals surface area contributed by atoms with E-state index in [1.54, 1.807) is 11.8 Å². The maximum Gasteiger partial charge on any atom is 0.231 e. The van der Waals surface area contributed by atoms with E-state index in [9.17, 15) is 0 Å². The summed E-state index contributed by atoms with van der Waals surface area (Å²) in [7, 11) is 0. The van der Waals surface area contributed by atoms with E-state index >= 15 is 0 Å². The summed E-state index contributed by atoms with van der Waals surface area (Å²) in [5, 5.41) is 4.05. The van der Waals surface area contributed by atoms with Gasteiger partial charge in [-0.3, -0.25) is 0 Å². The fourth-order valence-corrected chi connectivity index (χ4v) is 2.44. The first-order valence-electron chi connectivity index (χ1n) is 7.33. The number of thioether (sulfide) groups is 1. The zero-order chi connectivity index (χ0) is 15.2. The Morgan fingerprint density at radius 3 is 2.20 bits per heavy atom. The van der Waals surface area contributed by atoms with Crippen LogP contribution in [0.5, 0.6) is 0 Å². The van der Waals surface area contributed by atoms with Crippen LogP contribution < -0.4 is 10.2 Å². The molecule has 1 aromatic rings. The molecule has 0 amide bonds. The zero-order valence-corrected chi connectivity index (χ0v) is 14.3. The first kappa shape index (κ1) is 17.0. The fraction of sp³-hybridized carbons (Fsp3) is 0.786. The maximum atomic E-state index is 4.60. The van der Waals surface area contributed by atoms with Crippen molar-refractivity contribution in [3.8, 4) is 0 Å². The van der Waals surface area contributed by atoms with Gasteiger partial charge in [0.05, 0.1) is 0 Å². The molecule has 1 heterocycles. The molecule has 0 aliphatic heterocycles. The number of rotatable bonds is 7. The number of hydrogen-bond donors (Lipinski definition) is 1. The Hall–Kier alpha value is -1.04.